The molecular formula is C35H35N3O5S. The highest BCUT2D eigenvalue weighted by Crippen LogP contribution is 2.28. The molecule has 1 unspecified atom stereocenters. The first-order chi connectivity index (χ1) is 21.2. The van der Waals surface area contributed by atoms with Crippen molar-refractivity contribution < 1.29 is 23.9 Å². The van der Waals surface area contributed by atoms with Gasteiger partial charge in [-0.15, -0.1) is 11.8 Å². The summed E-state index contributed by atoms with van der Waals surface area (Å²) in [5.74, 6) is 0.00972. The van der Waals surface area contributed by atoms with Crippen LogP contribution >= 0.6 is 11.8 Å². The number of hydrogen-bond donors (Lipinski definition) is 3. The minimum Gasteiger partial charge on any atom is -0.497 e. The lowest BCUT2D eigenvalue weighted by Crippen LogP contribution is -2.30. The van der Waals surface area contributed by atoms with Gasteiger partial charge < -0.3 is 25.4 Å². The molecule has 0 aliphatic heterocycles. The third-order valence-electron chi connectivity index (χ3n) is 6.84. The quantitative estimate of drug-likeness (QED) is 0.127. The lowest BCUT2D eigenvalue weighted by atomic mass is 10.1. The number of amides is 3. The molecule has 0 bridgehead atoms. The Labute approximate surface area is 261 Å². The van der Waals surface area contributed by atoms with Gasteiger partial charge >= 0.3 is 0 Å². The SMILES string of the molecule is COc1ccc(/C=C(\NC(=O)c2ccccc2)C(=O)Nc2ccc(SC(C)C(=O)Nc3ccc(C)c(C)c3)cc2)c(OC)c1. The van der Waals surface area contributed by atoms with Gasteiger partial charge in [0, 0.05) is 33.5 Å². The number of anilines is 2. The Kier molecular flexibility index (Phi) is 10.8. The maximum Gasteiger partial charge on any atom is 0.272 e. The van der Waals surface area contributed by atoms with Gasteiger partial charge in [0.2, 0.25) is 5.91 Å². The van der Waals surface area contributed by atoms with Crippen LogP contribution in [0.3, 0.4) is 0 Å². The van der Waals surface area contributed by atoms with Crippen LogP contribution in [0, 0.1) is 13.8 Å². The maximum atomic E-state index is 13.5. The molecule has 44 heavy (non-hydrogen) atoms. The van der Waals surface area contributed by atoms with Crippen LogP contribution in [0.5, 0.6) is 11.5 Å². The van der Waals surface area contributed by atoms with Gasteiger partial charge in [-0.25, -0.2) is 0 Å². The van der Waals surface area contributed by atoms with E-state index in [1.807, 2.05) is 57.2 Å². The van der Waals surface area contributed by atoms with E-state index >= 15 is 0 Å². The molecule has 0 saturated carbocycles. The predicted octanol–water partition coefficient (Wildman–Crippen LogP) is 6.85. The van der Waals surface area contributed by atoms with Crippen LogP contribution in [-0.4, -0.2) is 37.2 Å². The Morgan fingerprint density at radius 2 is 1.48 bits per heavy atom. The first-order valence-electron chi connectivity index (χ1n) is 13.9. The summed E-state index contributed by atoms with van der Waals surface area (Å²) in [4.78, 5) is 40.1. The fourth-order valence-corrected chi connectivity index (χ4v) is 5.04. The van der Waals surface area contributed by atoms with Crippen molar-refractivity contribution >= 4 is 46.9 Å². The van der Waals surface area contributed by atoms with Crippen molar-refractivity contribution in [2.75, 3.05) is 24.9 Å². The molecule has 226 valence electrons. The number of benzene rings is 4. The fraction of sp³-hybridized carbons (Fsp3) is 0.171. The first-order valence-corrected chi connectivity index (χ1v) is 14.8. The van der Waals surface area contributed by atoms with E-state index in [0.717, 1.165) is 16.1 Å². The molecule has 0 saturated heterocycles. The summed E-state index contributed by atoms with van der Waals surface area (Å²) in [6, 6.07) is 26.8. The number of methoxy groups -OCH3 is 2. The van der Waals surface area contributed by atoms with Gasteiger partial charge in [0.25, 0.3) is 11.8 Å². The van der Waals surface area contributed by atoms with Crippen molar-refractivity contribution in [3.05, 3.63) is 119 Å². The van der Waals surface area contributed by atoms with E-state index < -0.39 is 11.8 Å². The largest absolute Gasteiger partial charge is 0.497 e. The Hall–Kier alpha value is -5.02. The molecule has 4 aromatic carbocycles. The van der Waals surface area contributed by atoms with Gasteiger partial charge in [0.1, 0.15) is 17.2 Å². The van der Waals surface area contributed by atoms with Crippen LogP contribution in [0.4, 0.5) is 11.4 Å². The van der Waals surface area contributed by atoms with Crippen LogP contribution in [0.15, 0.2) is 102 Å². The Balaban J connectivity index is 1.47. The summed E-state index contributed by atoms with van der Waals surface area (Å²) in [5, 5.41) is 8.20. The van der Waals surface area contributed by atoms with E-state index in [1.165, 1.54) is 24.4 Å². The standard InChI is InChI=1S/C35H35N3O5S/c1-22-11-13-28(19-23(22)2)37-33(39)24(3)44-30-17-14-27(15-18-30)36-35(41)31(38-34(40)25-9-7-6-8-10-25)20-26-12-16-29(42-4)21-32(26)43-5/h6-21,24H,1-5H3,(H,36,41)(H,37,39)(H,38,40)/b31-20-. The fourth-order valence-electron chi connectivity index (χ4n) is 4.17. The zero-order valence-electron chi connectivity index (χ0n) is 25.3. The number of aryl methyl sites for hydroxylation is 2. The predicted molar refractivity (Wildman–Crippen MR) is 176 cm³/mol. The summed E-state index contributed by atoms with van der Waals surface area (Å²) < 4.78 is 10.8. The van der Waals surface area contributed by atoms with Crippen molar-refractivity contribution in [1.82, 2.24) is 5.32 Å². The summed E-state index contributed by atoms with van der Waals surface area (Å²) in [6.07, 6.45) is 1.55. The molecule has 3 amide bonds. The van der Waals surface area contributed by atoms with Gasteiger partial charge in [0.15, 0.2) is 0 Å². The Bertz CT molecular complexity index is 1670. The average Bonchev–Trinajstić information content (AvgIpc) is 3.03. The highest BCUT2D eigenvalue weighted by molar-refractivity contribution is 8.00. The number of thioether (sulfide) groups is 1. The first kappa shape index (κ1) is 31.9. The normalized spacial score (nSPS) is 11.7. The molecule has 9 heteroatoms. The minimum atomic E-state index is -0.520. The average molecular weight is 610 g/mol. The highest BCUT2D eigenvalue weighted by Gasteiger charge is 2.18. The van der Waals surface area contributed by atoms with Crippen molar-refractivity contribution in [3.8, 4) is 11.5 Å². The van der Waals surface area contributed by atoms with E-state index in [-0.39, 0.29) is 16.9 Å². The third-order valence-corrected chi connectivity index (χ3v) is 7.95. The number of ether oxygens (including phenoxy) is 2. The number of rotatable bonds is 11. The molecule has 0 aromatic heterocycles. The zero-order chi connectivity index (χ0) is 31.6. The van der Waals surface area contributed by atoms with Crippen molar-refractivity contribution in [2.24, 2.45) is 0 Å². The summed E-state index contributed by atoms with van der Waals surface area (Å²) >= 11 is 1.41. The van der Waals surface area contributed by atoms with Gasteiger partial charge in [-0.3, -0.25) is 14.4 Å². The van der Waals surface area contributed by atoms with Gasteiger partial charge in [-0.05, 0) is 98.6 Å². The van der Waals surface area contributed by atoms with Crippen molar-refractivity contribution in [2.45, 2.75) is 30.9 Å². The van der Waals surface area contributed by atoms with Gasteiger partial charge in [-0.2, -0.15) is 0 Å². The molecule has 0 radical (unpaired) electrons. The van der Waals surface area contributed by atoms with Crippen LogP contribution in [-0.2, 0) is 9.59 Å². The van der Waals surface area contributed by atoms with Crippen molar-refractivity contribution in [3.63, 3.8) is 0 Å². The van der Waals surface area contributed by atoms with E-state index in [4.69, 9.17) is 9.47 Å². The zero-order valence-corrected chi connectivity index (χ0v) is 26.1. The lowest BCUT2D eigenvalue weighted by Gasteiger charge is -2.14. The van der Waals surface area contributed by atoms with Crippen molar-refractivity contribution in [1.29, 1.82) is 0 Å². The molecular weight excluding hydrogens is 574 g/mol. The molecule has 3 N–H and O–H groups in total. The highest BCUT2D eigenvalue weighted by atomic mass is 32.2. The summed E-state index contributed by atoms with van der Waals surface area (Å²) in [5.41, 5.74) is 4.57. The monoisotopic (exact) mass is 609 g/mol. The number of hydrogen-bond acceptors (Lipinski definition) is 6. The molecule has 0 fully saturated rings. The molecule has 0 aliphatic carbocycles. The van der Waals surface area contributed by atoms with E-state index in [1.54, 1.807) is 67.8 Å². The molecule has 4 aromatic rings. The van der Waals surface area contributed by atoms with E-state index in [9.17, 15) is 14.4 Å². The number of nitrogens with one attached hydrogen (secondary N) is 3. The molecule has 0 heterocycles. The minimum absolute atomic E-state index is 0.0254. The second-order valence-electron chi connectivity index (χ2n) is 10.0. The number of carbonyl (C=O) groups excluding carboxylic acids is 3. The molecule has 1 atom stereocenters. The molecule has 0 spiro atoms. The van der Waals surface area contributed by atoms with E-state index in [2.05, 4.69) is 16.0 Å². The summed E-state index contributed by atoms with van der Waals surface area (Å²) in [6.45, 7) is 5.88. The van der Waals surface area contributed by atoms with Crippen LogP contribution < -0.4 is 25.4 Å². The van der Waals surface area contributed by atoms with Crippen LogP contribution in [0.1, 0.15) is 34.0 Å². The Morgan fingerprint density at radius 3 is 2.14 bits per heavy atom. The van der Waals surface area contributed by atoms with E-state index in [0.29, 0.717) is 28.3 Å². The molecule has 8 nitrogen and oxygen atoms in total. The Morgan fingerprint density at radius 1 is 0.773 bits per heavy atom. The second-order valence-corrected chi connectivity index (χ2v) is 11.4. The maximum absolute atomic E-state index is 13.5. The molecule has 0 aliphatic rings. The van der Waals surface area contributed by atoms with Crippen LogP contribution in [0.25, 0.3) is 6.08 Å². The topological polar surface area (TPSA) is 106 Å². The van der Waals surface area contributed by atoms with Gasteiger partial charge in [-0.1, -0.05) is 24.3 Å². The molecule has 4 rings (SSSR count). The summed E-state index contributed by atoms with van der Waals surface area (Å²) in [7, 11) is 3.07. The van der Waals surface area contributed by atoms with Gasteiger partial charge in [0.05, 0.1) is 19.5 Å². The lowest BCUT2D eigenvalue weighted by molar-refractivity contribution is -0.115. The second kappa shape index (κ2) is 14.9. The smallest absolute Gasteiger partial charge is 0.272 e. The number of carbonyl (C=O) groups is 3. The van der Waals surface area contributed by atoms with Crippen LogP contribution in [0.2, 0.25) is 0 Å². The third kappa shape index (κ3) is 8.52.